The molecule has 2 rings (SSSR count). The van der Waals surface area contributed by atoms with E-state index in [1.165, 1.54) is 0 Å². The molecule has 4 nitrogen and oxygen atoms in total. The van der Waals surface area contributed by atoms with Gasteiger partial charge < -0.3 is 14.2 Å². The number of rotatable bonds is 6. The molecule has 0 N–H and O–H groups in total. The van der Waals surface area contributed by atoms with Crippen molar-refractivity contribution in [3.05, 3.63) is 29.3 Å². The minimum absolute atomic E-state index is 0.0723. The van der Waals surface area contributed by atoms with E-state index in [2.05, 4.69) is 6.07 Å². The van der Waals surface area contributed by atoms with Crippen LogP contribution in [-0.2, 0) is 14.3 Å². The van der Waals surface area contributed by atoms with Crippen molar-refractivity contribution in [2.24, 2.45) is 0 Å². The van der Waals surface area contributed by atoms with E-state index in [1.54, 1.807) is 0 Å². The molecule has 1 aromatic rings. The van der Waals surface area contributed by atoms with Crippen LogP contribution >= 0.6 is 0 Å². The fraction of sp³-hybridized carbons (Fsp3) is 0.588. The van der Waals surface area contributed by atoms with Gasteiger partial charge in [0.15, 0.2) is 0 Å². The van der Waals surface area contributed by atoms with Crippen LogP contribution in [0.3, 0.4) is 0 Å². The van der Waals surface area contributed by atoms with Gasteiger partial charge in [-0.1, -0.05) is 6.07 Å². The lowest BCUT2D eigenvalue weighted by molar-refractivity contribution is -0.149. The van der Waals surface area contributed by atoms with Gasteiger partial charge in [0.05, 0.1) is 19.1 Å². The van der Waals surface area contributed by atoms with Crippen molar-refractivity contribution >= 4 is 5.97 Å². The first-order valence-corrected chi connectivity index (χ1v) is 7.62. The molecule has 1 aliphatic heterocycles. The van der Waals surface area contributed by atoms with Gasteiger partial charge in [-0.25, -0.2) is 0 Å². The second-order valence-corrected chi connectivity index (χ2v) is 5.59. The number of esters is 1. The van der Waals surface area contributed by atoms with E-state index in [0.717, 1.165) is 42.7 Å². The Morgan fingerprint density at radius 1 is 1.24 bits per heavy atom. The van der Waals surface area contributed by atoms with Gasteiger partial charge >= 0.3 is 5.97 Å². The monoisotopic (exact) mass is 292 g/mol. The molecule has 1 unspecified atom stereocenters. The van der Waals surface area contributed by atoms with Crippen LogP contribution in [0, 0.1) is 13.8 Å². The SMILES string of the molecule is Cc1cc(C)cc(OCCC(=O)OCC2CCCCO2)c1. The summed E-state index contributed by atoms with van der Waals surface area (Å²) < 4.78 is 16.3. The van der Waals surface area contributed by atoms with Gasteiger partial charge in [-0.3, -0.25) is 4.79 Å². The van der Waals surface area contributed by atoms with Crippen LogP contribution in [0.25, 0.3) is 0 Å². The molecule has 1 aliphatic rings. The van der Waals surface area contributed by atoms with Crippen molar-refractivity contribution < 1.29 is 19.0 Å². The summed E-state index contributed by atoms with van der Waals surface area (Å²) in [6.45, 7) is 5.53. The second-order valence-electron chi connectivity index (χ2n) is 5.59. The quantitative estimate of drug-likeness (QED) is 0.755. The molecule has 1 fully saturated rings. The van der Waals surface area contributed by atoms with Gasteiger partial charge in [0, 0.05) is 6.61 Å². The lowest BCUT2D eigenvalue weighted by atomic mass is 10.1. The fourth-order valence-electron chi connectivity index (χ4n) is 2.47. The lowest BCUT2D eigenvalue weighted by Gasteiger charge is -2.22. The maximum Gasteiger partial charge on any atom is 0.309 e. The summed E-state index contributed by atoms with van der Waals surface area (Å²) >= 11 is 0. The van der Waals surface area contributed by atoms with Crippen molar-refractivity contribution in [1.82, 2.24) is 0 Å². The zero-order chi connectivity index (χ0) is 15.1. The molecule has 0 radical (unpaired) electrons. The van der Waals surface area contributed by atoms with Crippen molar-refractivity contribution in [3.63, 3.8) is 0 Å². The second kappa shape index (κ2) is 8.03. The summed E-state index contributed by atoms with van der Waals surface area (Å²) in [5.74, 6) is 0.574. The minimum atomic E-state index is -0.228. The molecule has 1 heterocycles. The number of ether oxygens (including phenoxy) is 3. The molecule has 1 saturated heterocycles. The van der Waals surface area contributed by atoms with E-state index < -0.39 is 0 Å². The first kappa shape index (κ1) is 15.8. The zero-order valence-corrected chi connectivity index (χ0v) is 12.9. The third-order valence-electron chi connectivity index (χ3n) is 3.47. The Balaban J connectivity index is 1.64. The number of benzene rings is 1. The molecule has 116 valence electrons. The zero-order valence-electron chi connectivity index (χ0n) is 12.9. The molecule has 0 aliphatic carbocycles. The summed E-state index contributed by atoms with van der Waals surface area (Å²) in [7, 11) is 0. The summed E-state index contributed by atoms with van der Waals surface area (Å²) in [6, 6.07) is 6.02. The summed E-state index contributed by atoms with van der Waals surface area (Å²) in [5, 5.41) is 0. The Labute approximate surface area is 126 Å². The van der Waals surface area contributed by atoms with E-state index in [9.17, 15) is 4.79 Å². The van der Waals surface area contributed by atoms with Gasteiger partial charge in [0.2, 0.25) is 0 Å². The largest absolute Gasteiger partial charge is 0.493 e. The van der Waals surface area contributed by atoms with Crippen molar-refractivity contribution in [2.75, 3.05) is 19.8 Å². The third kappa shape index (κ3) is 5.76. The molecule has 21 heavy (non-hydrogen) atoms. The van der Waals surface area contributed by atoms with Gasteiger partial charge in [-0.15, -0.1) is 0 Å². The van der Waals surface area contributed by atoms with Crippen molar-refractivity contribution in [1.29, 1.82) is 0 Å². The Morgan fingerprint density at radius 2 is 2.00 bits per heavy atom. The van der Waals surface area contributed by atoms with E-state index in [0.29, 0.717) is 13.2 Å². The minimum Gasteiger partial charge on any atom is -0.493 e. The normalized spacial score (nSPS) is 18.3. The number of aryl methyl sites for hydroxylation is 2. The predicted molar refractivity (Wildman–Crippen MR) is 80.6 cm³/mol. The highest BCUT2D eigenvalue weighted by atomic mass is 16.6. The highest BCUT2D eigenvalue weighted by molar-refractivity contribution is 5.69. The van der Waals surface area contributed by atoms with Gasteiger partial charge in [-0.2, -0.15) is 0 Å². The van der Waals surface area contributed by atoms with Crippen LogP contribution in [0.4, 0.5) is 0 Å². The fourth-order valence-corrected chi connectivity index (χ4v) is 2.47. The van der Waals surface area contributed by atoms with Crippen LogP contribution in [0.2, 0.25) is 0 Å². The Hall–Kier alpha value is -1.55. The van der Waals surface area contributed by atoms with Crippen LogP contribution in [0.1, 0.15) is 36.8 Å². The molecule has 0 aromatic heterocycles. The van der Waals surface area contributed by atoms with Crippen LogP contribution in [-0.4, -0.2) is 31.9 Å². The number of hydrogen-bond acceptors (Lipinski definition) is 4. The van der Waals surface area contributed by atoms with E-state index in [-0.39, 0.29) is 18.5 Å². The van der Waals surface area contributed by atoms with Crippen molar-refractivity contribution in [2.45, 2.75) is 45.6 Å². The maximum absolute atomic E-state index is 11.7. The average Bonchev–Trinajstić information content (AvgIpc) is 2.45. The van der Waals surface area contributed by atoms with Gasteiger partial charge in [0.25, 0.3) is 0 Å². The predicted octanol–water partition coefficient (Wildman–Crippen LogP) is 3.18. The van der Waals surface area contributed by atoms with Crippen LogP contribution in [0.5, 0.6) is 5.75 Å². The molecule has 0 bridgehead atoms. The topological polar surface area (TPSA) is 44.8 Å². The summed E-state index contributed by atoms with van der Waals surface area (Å²) in [6.07, 6.45) is 3.57. The Morgan fingerprint density at radius 3 is 2.67 bits per heavy atom. The van der Waals surface area contributed by atoms with E-state index >= 15 is 0 Å². The first-order chi connectivity index (χ1) is 10.1. The lowest BCUT2D eigenvalue weighted by Crippen LogP contribution is -2.26. The maximum atomic E-state index is 11.7. The van der Waals surface area contributed by atoms with Crippen LogP contribution in [0.15, 0.2) is 18.2 Å². The molecule has 4 heteroatoms. The number of carbonyl (C=O) groups excluding carboxylic acids is 1. The summed E-state index contributed by atoms with van der Waals surface area (Å²) in [4.78, 5) is 11.7. The Kier molecular flexibility index (Phi) is 6.05. The standard InChI is InChI=1S/C17H24O4/c1-13-9-14(2)11-16(10-13)20-8-6-17(18)21-12-15-5-3-4-7-19-15/h9-11,15H,3-8,12H2,1-2H3. The molecule has 1 atom stereocenters. The van der Waals surface area contributed by atoms with Crippen molar-refractivity contribution in [3.8, 4) is 5.75 Å². The molecular formula is C17H24O4. The highest BCUT2D eigenvalue weighted by Gasteiger charge is 2.15. The van der Waals surface area contributed by atoms with Gasteiger partial charge in [-0.05, 0) is 56.4 Å². The number of carbonyl (C=O) groups is 1. The average molecular weight is 292 g/mol. The Bertz CT molecular complexity index is 444. The van der Waals surface area contributed by atoms with Crippen LogP contribution < -0.4 is 4.74 Å². The molecular weight excluding hydrogens is 268 g/mol. The smallest absolute Gasteiger partial charge is 0.309 e. The first-order valence-electron chi connectivity index (χ1n) is 7.62. The van der Waals surface area contributed by atoms with E-state index in [4.69, 9.17) is 14.2 Å². The molecule has 0 spiro atoms. The summed E-state index contributed by atoms with van der Waals surface area (Å²) in [5.41, 5.74) is 2.31. The highest BCUT2D eigenvalue weighted by Crippen LogP contribution is 2.16. The molecule has 0 saturated carbocycles. The molecule has 1 aromatic carbocycles. The number of hydrogen-bond donors (Lipinski definition) is 0. The van der Waals surface area contributed by atoms with E-state index in [1.807, 2.05) is 26.0 Å². The molecule has 0 amide bonds. The van der Waals surface area contributed by atoms with Gasteiger partial charge in [0.1, 0.15) is 12.4 Å². The third-order valence-corrected chi connectivity index (χ3v) is 3.47.